The van der Waals surface area contributed by atoms with Crippen molar-refractivity contribution < 1.29 is 14.0 Å². The summed E-state index contributed by atoms with van der Waals surface area (Å²) < 4.78 is 5.75. The van der Waals surface area contributed by atoms with Crippen molar-refractivity contribution >= 4 is 39.3 Å². The predicted molar refractivity (Wildman–Crippen MR) is 81.4 cm³/mol. The van der Waals surface area contributed by atoms with E-state index in [1.165, 1.54) is 7.05 Å². The van der Waals surface area contributed by atoms with Crippen molar-refractivity contribution in [1.82, 2.24) is 4.90 Å². The van der Waals surface area contributed by atoms with Crippen molar-refractivity contribution in [2.75, 3.05) is 7.05 Å². The fourth-order valence-corrected chi connectivity index (χ4v) is 3.25. The van der Waals surface area contributed by atoms with Gasteiger partial charge < -0.3 is 4.42 Å². The lowest BCUT2D eigenvalue weighted by Gasteiger charge is -2.24. The van der Waals surface area contributed by atoms with Crippen LogP contribution in [0.3, 0.4) is 0 Å². The molecule has 1 unspecified atom stereocenters. The molecule has 1 aliphatic heterocycles. The number of nitrogens with zero attached hydrogens (tertiary/aromatic N) is 1. The molecule has 21 heavy (non-hydrogen) atoms. The number of rotatable bonds is 2. The summed E-state index contributed by atoms with van der Waals surface area (Å²) in [6, 6.07) is 7.15. The van der Waals surface area contributed by atoms with Crippen LogP contribution in [-0.2, 0) is 11.2 Å². The molecule has 108 valence electrons. The Hall–Kier alpha value is -1.59. The van der Waals surface area contributed by atoms with Crippen LogP contribution >= 0.6 is 27.5 Å². The number of furan rings is 1. The normalized spacial score (nSPS) is 16.0. The molecule has 2 amide bonds. The Morgan fingerprint density at radius 3 is 2.76 bits per heavy atom. The SMILES string of the molecule is CN1C(=O)Cc2ccc(C(Cl)c3ccoc3Br)cc2C1=O. The molecule has 4 nitrogen and oxygen atoms in total. The van der Waals surface area contributed by atoms with Crippen LogP contribution < -0.4 is 0 Å². The fraction of sp³-hybridized carbons (Fsp3) is 0.200. The van der Waals surface area contributed by atoms with Gasteiger partial charge in [-0.2, -0.15) is 0 Å². The minimum atomic E-state index is -0.431. The zero-order valence-electron chi connectivity index (χ0n) is 11.1. The van der Waals surface area contributed by atoms with Gasteiger partial charge in [0.25, 0.3) is 5.91 Å². The molecule has 1 aromatic heterocycles. The van der Waals surface area contributed by atoms with Crippen LogP contribution in [0.4, 0.5) is 0 Å². The Kier molecular flexibility index (Phi) is 3.63. The summed E-state index contributed by atoms with van der Waals surface area (Å²) in [7, 11) is 1.49. The van der Waals surface area contributed by atoms with E-state index in [9.17, 15) is 9.59 Å². The summed E-state index contributed by atoms with van der Waals surface area (Å²) in [4.78, 5) is 25.0. The molecule has 0 fully saturated rings. The Bertz CT molecular complexity index is 740. The molecule has 1 atom stereocenters. The van der Waals surface area contributed by atoms with Crippen molar-refractivity contribution in [1.29, 1.82) is 0 Å². The Morgan fingerprint density at radius 1 is 1.33 bits per heavy atom. The van der Waals surface area contributed by atoms with E-state index in [4.69, 9.17) is 16.0 Å². The van der Waals surface area contributed by atoms with Crippen molar-refractivity contribution in [2.45, 2.75) is 11.8 Å². The second kappa shape index (κ2) is 5.31. The monoisotopic (exact) mass is 367 g/mol. The zero-order chi connectivity index (χ0) is 15.1. The third-order valence-electron chi connectivity index (χ3n) is 3.60. The largest absolute Gasteiger partial charge is 0.457 e. The Labute approximate surface area is 134 Å². The van der Waals surface area contributed by atoms with Gasteiger partial charge in [0.1, 0.15) is 0 Å². The molecule has 2 aromatic rings. The molecular weight excluding hydrogens is 358 g/mol. The molecule has 0 saturated heterocycles. The van der Waals surface area contributed by atoms with E-state index in [0.717, 1.165) is 21.6 Å². The lowest BCUT2D eigenvalue weighted by molar-refractivity contribution is -0.127. The highest BCUT2D eigenvalue weighted by molar-refractivity contribution is 9.10. The number of carbonyl (C=O) groups excluding carboxylic acids is 2. The third kappa shape index (κ3) is 2.40. The highest BCUT2D eigenvalue weighted by Gasteiger charge is 2.29. The van der Waals surface area contributed by atoms with E-state index in [1.807, 2.05) is 6.07 Å². The van der Waals surface area contributed by atoms with Gasteiger partial charge in [0.2, 0.25) is 5.91 Å². The van der Waals surface area contributed by atoms with Gasteiger partial charge in [0.05, 0.1) is 18.1 Å². The van der Waals surface area contributed by atoms with E-state index in [-0.39, 0.29) is 18.2 Å². The molecule has 1 aliphatic rings. The highest BCUT2D eigenvalue weighted by atomic mass is 79.9. The minimum absolute atomic E-state index is 0.194. The quantitative estimate of drug-likeness (QED) is 0.602. The van der Waals surface area contributed by atoms with E-state index in [1.54, 1.807) is 24.5 Å². The van der Waals surface area contributed by atoms with Crippen molar-refractivity contribution in [2.24, 2.45) is 0 Å². The number of benzene rings is 1. The lowest BCUT2D eigenvalue weighted by Crippen LogP contribution is -2.39. The van der Waals surface area contributed by atoms with Crippen LogP contribution in [-0.4, -0.2) is 23.8 Å². The molecule has 2 heterocycles. The van der Waals surface area contributed by atoms with Crippen molar-refractivity contribution in [3.05, 3.63) is 57.5 Å². The van der Waals surface area contributed by atoms with Gasteiger partial charge in [-0.15, -0.1) is 11.6 Å². The second-order valence-corrected chi connectivity index (χ2v) is 6.02. The Morgan fingerprint density at radius 2 is 2.10 bits per heavy atom. The van der Waals surface area contributed by atoms with Crippen LogP contribution in [0.1, 0.15) is 32.4 Å². The van der Waals surface area contributed by atoms with Crippen LogP contribution in [0, 0.1) is 0 Å². The van der Waals surface area contributed by atoms with Crippen LogP contribution in [0.15, 0.2) is 39.6 Å². The highest BCUT2D eigenvalue weighted by Crippen LogP contribution is 2.35. The summed E-state index contributed by atoms with van der Waals surface area (Å²) in [6.07, 6.45) is 1.78. The maximum absolute atomic E-state index is 12.2. The number of likely N-dealkylation sites (N-methyl/N-ethyl adjacent to an activating group) is 1. The van der Waals surface area contributed by atoms with Gasteiger partial charge >= 0.3 is 0 Å². The molecule has 3 rings (SSSR count). The summed E-state index contributed by atoms with van der Waals surface area (Å²) in [6.45, 7) is 0. The summed E-state index contributed by atoms with van der Waals surface area (Å²) >= 11 is 9.75. The molecule has 6 heteroatoms. The summed E-state index contributed by atoms with van der Waals surface area (Å²) in [5.74, 6) is -0.488. The van der Waals surface area contributed by atoms with Crippen molar-refractivity contribution in [3.63, 3.8) is 0 Å². The standard InChI is InChI=1S/C15H11BrClNO3/c1-18-12(19)7-8-2-3-9(6-11(8)15(18)20)13(17)10-4-5-21-14(10)16/h2-6,13H,7H2,1H3. The molecule has 0 aliphatic carbocycles. The average molecular weight is 369 g/mol. The summed E-state index contributed by atoms with van der Waals surface area (Å²) in [5.41, 5.74) is 2.85. The van der Waals surface area contributed by atoms with E-state index >= 15 is 0 Å². The first kappa shape index (κ1) is 14.4. The number of imide groups is 1. The summed E-state index contributed by atoms with van der Waals surface area (Å²) in [5, 5.41) is -0.431. The molecule has 1 aromatic carbocycles. The first-order valence-electron chi connectivity index (χ1n) is 6.29. The van der Waals surface area contributed by atoms with Gasteiger partial charge in [-0.25, -0.2) is 0 Å². The maximum atomic E-state index is 12.2. The van der Waals surface area contributed by atoms with Gasteiger partial charge in [0.15, 0.2) is 4.67 Å². The average Bonchev–Trinajstić information content (AvgIpc) is 2.90. The third-order valence-corrected chi connectivity index (χ3v) is 4.73. The molecule has 0 bridgehead atoms. The van der Waals surface area contributed by atoms with Gasteiger partial charge in [-0.3, -0.25) is 14.5 Å². The van der Waals surface area contributed by atoms with Crippen LogP contribution in [0.5, 0.6) is 0 Å². The smallest absolute Gasteiger partial charge is 0.260 e. The van der Waals surface area contributed by atoms with Gasteiger partial charge in [-0.05, 0) is 39.2 Å². The maximum Gasteiger partial charge on any atom is 0.260 e. The number of hydrogen-bond donors (Lipinski definition) is 0. The van der Waals surface area contributed by atoms with E-state index in [2.05, 4.69) is 15.9 Å². The lowest BCUT2D eigenvalue weighted by atomic mass is 9.94. The number of amides is 2. The van der Waals surface area contributed by atoms with Gasteiger partial charge in [0, 0.05) is 18.2 Å². The number of fused-ring (bicyclic) bond motifs is 1. The molecule has 0 N–H and O–H groups in total. The second-order valence-electron chi connectivity index (χ2n) is 4.86. The van der Waals surface area contributed by atoms with E-state index in [0.29, 0.717) is 10.2 Å². The van der Waals surface area contributed by atoms with Gasteiger partial charge in [-0.1, -0.05) is 12.1 Å². The number of carbonyl (C=O) groups is 2. The number of alkyl halides is 1. The first-order chi connectivity index (χ1) is 9.99. The topological polar surface area (TPSA) is 50.5 Å². The Balaban J connectivity index is 2.02. The molecule has 0 saturated carbocycles. The zero-order valence-corrected chi connectivity index (χ0v) is 13.4. The number of halogens is 2. The van der Waals surface area contributed by atoms with E-state index < -0.39 is 5.38 Å². The molecule has 0 spiro atoms. The van der Waals surface area contributed by atoms with Crippen LogP contribution in [0.25, 0.3) is 0 Å². The molecule has 0 radical (unpaired) electrons. The predicted octanol–water partition coefficient (Wildman–Crippen LogP) is 3.53. The minimum Gasteiger partial charge on any atom is -0.457 e. The molecular formula is C15H11BrClNO3. The van der Waals surface area contributed by atoms with Crippen molar-refractivity contribution in [3.8, 4) is 0 Å². The number of hydrogen-bond acceptors (Lipinski definition) is 3. The fourth-order valence-electron chi connectivity index (χ4n) is 2.34. The van der Waals surface area contributed by atoms with Crippen LogP contribution in [0.2, 0.25) is 0 Å². The first-order valence-corrected chi connectivity index (χ1v) is 7.52.